The van der Waals surface area contributed by atoms with Gasteiger partial charge in [0.1, 0.15) is 5.82 Å². The fourth-order valence-corrected chi connectivity index (χ4v) is 6.01. The second-order valence-electron chi connectivity index (χ2n) is 7.46. The van der Waals surface area contributed by atoms with Crippen molar-refractivity contribution in [1.29, 1.82) is 0 Å². The number of halogens is 1. The topological polar surface area (TPSA) is 81.1 Å². The number of hydrogen-bond acceptors (Lipinski definition) is 5. The smallest absolute Gasteiger partial charge is 0.230 e. The van der Waals surface area contributed by atoms with Crippen LogP contribution < -0.4 is 5.32 Å². The first-order valence-electron chi connectivity index (χ1n) is 9.87. The van der Waals surface area contributed by atoms with Gasteiger partial charge in [0.2, 0.25) is 5.91 Å². The van der Waals surface area contributed by atoms with Crippen LogP contribution in [-0.2, 0) is 21.2 Å². The highest BCUT2D eigenvalue weighted by Gasteiger charge is 2.29. The second-order valence-corrected chi connectivity index (χ2v) is 10.6. The van der Waals surface area contributed by atoms with Crippen LogP contribution in [0.3, 0.4) is 0 Å². The van der Waals surface area contributed by atoms with E-state index in [1.807, 2.05) is 34.9 Å². The normalized spacial score (nSPS) is 17.5. The molecule has 0 radical (unpaired) electrons. The summed E-state index contributed by atoms with van der Waals surface area (Å²) in [5, 5.41) is 3.47. The third-order valence-corrected chi connectivity index (χ3v) is 7.83. The van der Waals surface area contributed by atoms with Gasteiger partial charge in [-0.15, -0.1) is 0 Å². The summed E-state index contributed by atoms with van der Waals surface area (Å²) in [6, 6.07) is 15.8. The molecular weight excluding hydrogens is 437 g/mol. The van der Waals surface area contributed by atoms with E-state index in [1.54, 1.807) is 18.3 Å². The van der Waals surface area contributed by atoms with Gasteiger partial charge < -0.3 is 9.88 Å². The molecule has 162 valence electrons. The third-order valence-electron chi connectivity index (χ3n) is 5.07. The molecule has 1 unspecified atom stereocenters. The lowest BCUT2D eigenvalue weighted by Crippen LogP contribution is -2.36. The Bertz CT molecular complexity index is 1160. The standard InChI is InChI=1S/C22H22FN3O3S2/c23-18-8-6-17(7-9-18)20-12-24-22(26(20)13-16-4-2-1-3-5-16)30-14-21(27)25-19-10-11-31(28,29)15-19/h1-9,12,19H,10-11,13-15H2,(H,25,27). The van der Waals surface area contributed by atoms with E-state index in [2.05, 4.69) is 10.3 Å². The molecule has 0 bridgehead atoms. The number of amides is 1. The summed E-state index contributed by atoms with van der Waals surface area (Å²) in [4.78, 5) is 16.9. The van der Waals surface area contributed by atoms with E-state index in [-0.39, 0.29) is 35.0 Å². The minimum absolute atomic E-state index is 0.000750. The van der Waals surface area contributed by atoms with Crippen molar-refractivity contribution < 1.29 is 17.6 Å². The number of benzene rings is 2. The molecule has 0 saturated carbocycles. The summed E-state index contributed by atoms with van der Waals surface area (Å²) in [6.07, 6.45) is 2.18. The highest BCUT2D eigenvalue weighted by atomic mass is 32.2. The lowest BCUT2D eigenvalue weighted by Gasteiger charge is -2.13. The number of nitrogens with one attached hydrogen (secondary N) is 1. The number of sulfone groups is 1. The van der Waals surface area contributed by atoms with E-state index >= 15 is 0 Å². The summed E-state index contributed by atoms with van der Waals surface area (Å²) in [5.41, 5.74) is 2.73. The van der Waals surface area contributed by atoms with Crippen LogP contribution in [-0.4, -0.2) is 47.2 Å². The van der Waals surface area contributed by atoms with Crippen LogP contribution >= 0.6 is 11.8 Å². The number of nitrogens with zero attached hydrogens (tertiary/aromatic N) is 2. The molecule has 1 N–H and O–H groups in total. The molecule has 0 aliphatic carbocycles. The molecule has 2 heterocycles. The number of imidazole rings is 1. The maximum absolute atomic E-state index is 13.4. The van der Waals surface area contributed by atoms with Gasteiger partial charge in [0.05, 0.1) is 35.7 Å². The van der Waals surface area contributed by atoms with Crippen LogP contribution in [0.1, 0.15) is 12.0 Å². The van der Waals surface area contributed by atoms with Crippen LogP contribution in [0.5, 0.6) is 0 Å². The zero-order chi connectivity index (χ0) is 21.8. The molecule has 3 aromatic rings. The fourth-order valence-electron chi connectivity index (χ4n) is 3.55. The van der Waals surface area contributed by atoms with E-state index in [9.17, 15) is 17.6 Å². The molecule has 1 fully saturated rings. The Kier molecular flexibility index (Phi) is 6.43. The van der Waals surface area contributed by atoms with Gasteiger partial charge in [-0.1, -0.05) is 42.1 Å². The number of hydrogen-bond donors (Lipinski definition) is 1. The van der Waals surface area contributed by atoms with Crippen LogP contribution in [0.4, 0.5) is 4.39 Å². The lowest BCUT2D eigenvalue weighted by atomic mass is 10.1. The highest BCUT2D eigenvalue weighted by Crippen LogP contribution is 2.27. The summed E-state index contributed by atoms with van der Waals surface area (Å²) in [7, 11) is -3.04. The van der Waals surface area contributed by atoms with Gasteiger partial charge in [-0.25, -0.2) is 17.8 Å². The van der Waals surface area contributed by atoms with Crippen molar-refractivity contribution in [1.82, 2.24) is 14.9 Å². The maximum Gasteiger partial charge on any atom is 0.230 e. The van der Waals surface area contributed by atoms with Gasteiger partial charge in [0.25, 0.3) is 0 Å². The Morgan fingerprint density at radius 2 is 1.90 bits per heavy atom. The van der Waals surface area contributed by atoms with E-state index in [0.29, 0.717) is 18.1 Å². The molecule has 1 aliphatic rings. The van der Waals surface area contributed by atoms with Crippen molar-refractivity contribution in [3.8, 4) is 11.3 Å². The van der Waals surface area contributed by atoms with Crippen molar-refractivity contribution in [2.75, 3.05) is 17.3 Å². The largest absolute Gasteiger partial charge is 0.352 e. The Balaban J connectivity index is 1.51. The van der Waals surface area contributed by atoms with E-state index in [1.165, 1.54) is 23.9 Å². The molecule has 1 atom stereocenters. The van der Waals surface area contributed by atoms with Crippen molar-refractivity contribution in [3.63, 3.8) is 0 Å². The predicted molar refractivity (Wildman–Crippen MR) is 119 cm³/mol. The summed E-state index contributed by atoms with van der Waals surface area (Å²) >= 11 is 1.29. The van der Waals surface area contributed by atoms with Crippen molar-refractivity contribution >= 4 is 27.5 Å². The third kappa shape index (κ3) is 5.54. The number of carbonyl (C=O) groups excluding carboxylic acids is 1. The zero-order valence-corrected chi connectivity index (χ0v) is 18.3. The monoisotopic (exact) mass is 459 g/mol. The Hall–Kier alpha value is -2.65. The Morgan fingerprint density at radius 3 is 2.58 bits per heavy atom. The lowest BCUT2D eigenvalue weighted by molar-refractivity contribution is -0.119. The van der Waals surface area contributed by atoms with Gasteiger partial charge >= 0.3 is 0 Å². The van der Waals surface area contributed by atoms with Crippen LogP contribution in [0.15, 0.2) is 66.0 Å². The number of thioether (sulfide) groups is 1. The minimum atomic E-state index is -3.04. The van der Waals surface area contributed by atoms with Crippen LogP contribution in [0, 0.1) is 5.82 Å². The first-order chi connectivity index (χ1) is 14.9. The summed E-state index contributed by atoms with van der Waals surface area (Å²) in [5.74, 6) is -0.276. The summed E-state index contributed by atoms with van der Waals surface area (Å²) < 4.78 is 38.5. The Labute approximate surface area is 184 Å². The molecule has 31 heavy (non-hydrogen) atoms. The van der Waals surface area contributed by atoms with Crippen molar-refractivity contribution in [3.05, 3.63) is 72.2 Å². The summed E-state index contributed by atoms with van der Waals surface area (Å²) in [6.45, 7) is 0.554. The fraction of sp³-hybridized carbons (Fsp3) is 0.273. The van der Waals surface area contributed by atoms with E-state index < -0.39 is 9.84 Å². The maximum atomic E-state index is 13.4. The van der Waals surface area contributed by atoms with Gasteiger partial charge in [-0.05, 0) is 41.8 Å². The van der Waals surface area contributed by atoms with Crippen LogP contribution in [0.25, 0.3) is 11.3 Å². The van der Waals surface area contributed by atoms with E-state index in [4.69, 9.17) is 0 Å². The first-order valence-corrected chi connectivity index (χ1v) is 12.7. The molecule has 1 aliphatic heterocycles. The highest BCUT2D eigenvalue weighted by molar-refractivity contribution is 7.99. The second kappa shape index (κ2) is 9.23. The molecule has 6 nitrogen and oxygen atoms in total. The number of carbonyl (C=O) groups is 1. The predicted octanol–water partition coefficient (Wildman–Crippen LogP) is 3.13. The SMILES string of the molecule is O=C(CSc1ncc(-c2ccc(F)cc2)n1Cc1ccccc1)NC1CCS(=O)(=O)C1. The molecule has 1 amide bonds. The minimum Gasteiger partial charge on any atom is -0.352 e. The molecule has 9 heteroatoms. The average molecular weight is 460 g/mol. The Morgan fingerprint density at radius 1 is 1.16 bits per heavy atom. The van der Waals surface area contributed by atoms with Gasteiger partial charge in [0, 0.05) is 6.04 Å². The molecular formula is C22H22FN3O3S2. The number of aromatic nitrogens is 2. The van der Waals surface area contributed by atoms with Crippen molar-refractivity contribution in [2.45, 2.75) is 24.2 Å². The zero-order valence-electron chi connectivity index (χ0n) is 16.7. The van der Waals surface area contributed by atoms with Crippen molar-refractivity contribution in [2.24, 2.45) is 0 Å². The molecule has 1 aromatic heterocycles. The number of rotatable bonds is 7. The van der Waals surface area contributed by atoms with E-state index in [0.717, 1.165) is 16.8 Å². The molecule has 2 aromatic carbocycles. The van der Waals surface area contributed by atoms with Gasteiger partial charge in [-0.3, -0.25) is 4.79 Å². The molecule has 1 saturated heterocycles. The molecule has 4 rings (SSSR count). The quantitative estimate of drug-likeness (QED) is 0.549. The molecule has 0 spiro atoms. The average Bonchev–Trinajstić information content (AvgIpc) is 3.30. The van der Waals surface area contributed by atoms with Gasteiger partial charge in [-0.2, -0.15) is 0 Å². The first kappa shape index (κ1) is 21.6. The van der Waals surface area contributed by atoms with Crippen LogP contribution in [0.2, 0.25) is 0 Å². The van der Waals surface area contributed by atoms with Gasteiger partial charge in [0.15, 0.2) is 15.0 Å².